The number of hydrogen-bond acceptors (Lipinski definition) is 5. The van der Waals surface area contributed by atoms with Crippen LogP contribution in [0, 0.1) is 0 Å². The van der Waals surface area contributed by atoms with Crippen LogP contribution in [0.25, 0.3) is 16.6 Å². The number of para-hydroxylation sites is 2. The first kappa shape index (κ1) is 21.9. The molecule has 0 unspecified atom stereocenters. The Balaban J connectivity index is 1.71. The van der Waals surface area contributed by atoms with Crippen LogP contribution in [0.2, 0.25) is 0 Å². The second-order valence-corrected chi connectivity index (χ2v) is 8.83. The summed E-state index contributed by atoms with van der Waals surface area (Å²) >= 11 is 1.27. The molecule has 0 aliphatic carbocycles. The average molecular weight is 448 g/mol. The third kappa shape index (κ3) is 4.48. The predicted octanol–water partition coefficient (Wildman–Crippen LogP) is 4.85. The number of furan rings is 1. The average Bonchev–Trinajstić information content (AvgIpc) is 3.30. The fourth-order valence-electron chi connectivity index (χ4n) is 3.56. The zero-order chi connectivity index (χ0) is 22.7. The first-order chi connectivity index (χ1) is 15.5. The van der Waals surface area contributed by atoms with Crippen molar-refractivity contribution in [3.63, 3.8) is 0 Å². The minimum atomic E-state index is -0.136. The van der Waals surface area contributed by atoms with Crippen molar-refractivity contribution < 1.29 is 9.21 Å². The van der Waals surface area contributed by atoms with Crippen molar-refractivity contribution in [3.05, 3.63) is 88.6 Å². The maximum absolute atomic E-state index is 13.5. The van der Waals surface area contributed by atoms with Gasteiger partial charge in [0.25, 0.3) is 5.56 Å². The monoisotopic (exact) mass is 447 g/mol. The third-order valence-corrected chi connectivity index (χ3v) is 6.19. The second kappa shape index (κ2) is 9.44. The van der Waals surface area contributed by atoms with Crippen molar-refractivity contribution in [2.75, 3.05) is 12.8 Å². The molecular formula is C25H25N3O3S. The molecule has 0 radical (unpaired) electrons. The molecule has 0 aliphatic rings. The third-order valence-electron chi connectivity index (χ3n) is 5.27. The van der Waals surface area contributed by atoms with Gasteiger partial charge in [-0.2, -0.15) is 0 Å². The van der Waals surface area contributed by atoms with Crippen LogP contribution in [0.15, 0.2) is 81.3 Å². The van der Waals surface area contributed by atoms with Gasteiger partial charge in [-0.1, -0.05) is 55.9 Å². The van der Waals surface area contributed by atoms with Gasteiger partial charge in [0.2, 0.25) is 5.91 Å². The summed E-state index contributed by atoms with van der Waals surface area (Å²) in [6, 6.07) is 18.8. The van der Waals surface area contributed by atoms with Crippen LogP contribution in [0.4, 0.5) is 0 Å². The second-order valence-electron chi connectivity index (χ2n) is 7.88. The fraction of sp³-hybridized carbons (Fsp3) is 0.240. The summed E-state index contributed by atoms with van der Waals surface area (Å²) in [5, 5.41) is 1.05. The largest absolute Gasteiger partial charge is 0.467 e. The maximum Gasteiger partial charge on any atom is 0.266 e. The summed E-state index contributed by atoms with van der Waals surface area (Å²) < 4.78 is 6.98. The Hall–Kier alpha value is -3.32. The number of amides is 1. The number of fused-ring (bicyclic) bond motifs is 1. The van der Waals surface area contributed by atoms with Gasteiger partial charge in [-0.05, 0) is 41.8 Å². The van der Waals surface area contributed by atoms with Crippen LogP contribution < -0.4 is 5.56 Å². The molecular weight excluding hydrogens is 422 g/mol. The number of thioether (sulfide) groups is 1. The van der Waals surface area contributed by atoms with Crippen molar-refractivity contribution in [3.8, 4) is 5.69 Å². The first-order valence-corrected chi connectivity index (χ1v) is 11.4. The molecule has 0 atom stereocenters. The van der Waals surface area contributed by atoms with Gasteiger partial charge in [-0.25, -0.2) is 4.98 Å². The molecule has 4 rings (SSSR count). The van der Waals surface area contributed by atoms with Crippen LogP contribution in [0.5, 0.6) is 0 Å². The van der Waals surface area contributed by atoms with Gasteiger partial charge < -0.3 is 9.32 Å². The van der Waals surface area contributed by atoms with Gasteiger partial charge in [-0.15, -0.1) is 0 Å². The number of carbonyl (C=O) groups excluding carboxylic acids is 1. The Labute approximate surface area is 190 Å². The van der Waals surface area contributed by atoms with Gasteiger partial charge in [-0.3, -0.25) is 14.2 Å². The van der Waals surface area contributed by atoms with E-state index in [0.717, 1.165) is 17.0 Å². The number of nitrogens with zero attached hydrogens (tertiary/aromatic N) is 3. The fourth-order valence-corrected chi connectivity index (χ4v) is 4.51. The zero-order valence-corrected chi connectivity index (χ0v) is 19.1. The lowest BCUT2D eigenvalue weighted by Crippen LogP contribution is -2.28. The van der Waals surface area contributed by atoms with E-state index in [0.29, 0.717) is 22.6 Å². The quantitative estimate of drug-likeness (QED) is 0.299. The lowest BCUT2D eigenvalue weighted by molar-refractivity contribution is -0.127. The van der Waals surface area contributed by atoms with Crippen LogP contribution in [0.1, 0.15) is 31.1 Å². The molecule has 0 saturated heterocycles. The van der Waals surface area contributed by atoms with Gasteiger partial charge in [0.1, 0.15) is 5.76 Å². The van der Waals surface area contributed by atoms with Gasteiger partial charge in [0, 0.05) is 7.05 Å². The number of hydrogen-bond donors (Lipinski definition) is 0. The van der Waals surface area contributed by atoms with Crippen LogP contribution in [-0.2, 0) is 11.3 Å². The highest BCUT2D eigenvalue weighted by atomic mass is 32.2. The smallest absolute Gasteiger partial charge is 0.266 e. The van der Waals surface area contributed by atoms with Gasteiger partial charge in [0.05, 0.1) is 35.2 Å². The summed E-state index contributed by atoms with van der Waals surface area (Å²) in [5.74, 6) is 1.03. The molecule has 6 nitrogen and oxygen atoms in total. The molecule has 0 N–H and O–H groups in total. The van der Waals surface area contributed by atoms with Crippen molar-refractivity contribution in [1.29, 1.82) is 0 Å². The molecule has 0 saturated carbocycles. The predicted molar refractivity (Wildman–Crippen MR) is 127 cm³/mol. The topological polar surface area (TPSA) is 68.3 Å². The summed E-state index contributed by atoms with van der Waals surface area (Å²) in [5.41, 5.74) is 2.33. The maximum atomic E-state index is 13.5. The van der Waals surface area contributed by atoms with E-state index in [2.05, 4.69) is 13.8 Å². The molecule has 2 aromatic carbocycles. The van der Waals surface area contributed by atoms with Gasteiger partial charge in [0.15, 0.2) is 5.16 Å². The van der Waals surface area contributed by atoms with E-state index in [1.165, 1.54) is 11.8 Å². The minimum absolute atomic E-state index is 0.0718. The summed E-state index contributed by atoms with van der Waals surface area (Å²) in [4.78, 5) is 32.6. The Bertz CT molecular complexity index is 1300. The van der Waals surface area contributed by atoms with E-state index in [-0.39, 0.29) is 23.1 Å². The van der Waals surface area contributed by atoms with Crippen LogP contribution in [0.3, 0.4) is 0 Å². The normalized spacial score (nSPS) is 11.2. The first-order valence-electron chi connectivity index (χ1n) is 10.5. The molecule has 32 heavy (non-hydrogen) atoms. The number of rotatable bonds is 7. The minimum Gasteiger partial charge on any atom is -0.467 e. The van der Waals surface area contributed by atoms with Crippen LogP contribution in [-0.4, -0.2) is 33.2 Å². The van der Waals surface area contributed by atoms with Gasteiger partial charge >= 0.3 is 0 Å². The van der Waals surface area contributed by atoms with E-state index >= 15 is 0 Å². The van der Waals surface area contributed by atoms with E-state index in [1.54, 1.807) is 34.9 Å². The lowest BCUT2D eigenvalue weighted by atomic mass is 10.0. The molecule has 7 heteroatoms. The highest BCUT2D eigenvalue weighted by Gasteiger charge is 2.19. The molecule has 1 amide bonds. The van der Waals surface area contributed by atoms with E-state index in [9.17, 15) is 9.59 Å². The Kier molecular flexibility index (Phi) is 6.46. The Morgan fingerprint density at radius 1 is 1.09 bits per heavy atom. The number of carbonyl (C=O) groups is 1. The van der Waals surface area contributed by atoms with Crippen molar-refractivity contribution in [1.82, 2.24) is 14.5 Å². The van der Waals surface area contributed by atoms with Crippen molar-refractivity contribution >= 4 is 28.6 Å². The number of benzene rings is 2. The SMILES string of the molecule is CC(C)c1ccccc1-n1c(SCC(=O)N(C)Cc2ccco2)nc2ccccc2c1=O. The standard InChI is InChI=1S/C25H25N3O3S/c1-17(2)19-10-5-7-13-22(19)28-24(30)20-11-4-6-12-21(20)26-25(28)32-16-23(29)27(3)15-18-9-8-14-31-18/h4-14,17H,15-16H2,1-3H3. The Morgan fingerprint density at radius 3 is 2.59 bits per heavy atom. The van der Waals surface area contributed by atoms with Crippen LogP contribution >= 0.6 is 11.8 Å². The van der Waals surface area contributed by atoms with Crippen molar-refractivity contribution in [2.45, 2.75) is 31.5 Å². The van der Waals surface area contributed by atoms with Crippen molar-refractivity contribution in [2.24, 2.45) is 0 Å². The summed E-state index contributed by atoms with van der Waals surface area (Å²) in [6.45, 7) is 4.58. The zero-order valence-electron chi connectivity index (χ0n) is 18.3. The molecule has 0 fully saturated rings. The summed E-state index contributed by atoms with van der Waals surface area (Å²) in [7, 11) is 1.74. The molecule has 2 aromatic heterocycles. The van der Waals surface area contributed by atoms with E-state index < -0.39 is 0 Å². The molecule has 4 aromatic rings. The molecule has 2 heterocycles. The highest BCUT2D eigenvalue weighted by Crippen LogP contribution is 2.27. The molecule has 0 spiro atoms. The molecule has 164 valence electrons. The highest BCUT2D eigenvalue weighted by molar-refractivity contribution is 7.99. The Morgan fingerprint density at radius 2 is 1.84 bits per heavy atom. The number of aromatic nitrogens is 2. The summed E-state index contributed by atoms with van der Waals surface area (Å²) in [6.07, 6.45) is 1.59. The van der Waals surface area contributed by atoms with E-state index in [4.69, 9.17) is 9.40 Å². The molecule has 0 bridgehead atoms. The van der Waals surface area contributed by atoms with E-state index in [1.807, 2.05) is 48.5 Å². The molecule has 0 aliphatic heterocycles. The lowest BCUT2D eigenvalue weighted by Gasteiger charge is -2.19.